The first-order valence-corrected chi connectivity index (χ1v) is 6.77. The summed E-state index contributed by atoms with van der Waals surface area (Å²) in [5.41, 5.74) is 1.16. The van der Waals surface area contributed by atoms with Gasteiger partial charge in [0.1, 0.15) is 5.01 Å². The molecule has 0 unspecified atom stereocenters. The predicted octanol–water partition coefficient (Wildman–Crippen LogP) is 2.67. The van der Waals surface area contributed by atoms with Gasteiger partial charge in [-0.1, -0.05) is 6.92 Å². The molecule has 0 aliphatic heterocycles. The van der Waals surface area contributed by atoms with Crippen LogP contribution in [0, 0.1) is 13.8 Å². The lowest BCUT2D eigenvalue weighted by Crippen LogP contribution is -2.16. The van der Waals surface area contributed by atoms with Gasteiger partial charge in [0.05, 0.1) is 5.69 Å². The molecule has 1 rings (SSSR count). The van der Waals surface area contributed by atoms with Crippen molar-refractivity contribution in [1.29, 1.82) is 0 Å². The first kappa shape index (κ1) is 13.6. The molecule has 0 saturated heterocycles. The summed E-state index contributed by atoms with van der Waals surface area (Å²) in [6.07, 6.45) is 2.18. The van der Waals surface area contributed by atoms with E-state index in [1.54, 1.807) is 11.3 Å². The van der Waals surface area contributed by atoms with Crippen LogP contribution >= 0.6 is 11.3 Å². The first-order valence-electron chi connectivity index (χ1n) is 5.95. The van der Waals surface area contributed by atoms with Crippen molar-refractivity contribution < 1.29 is 4.74 Å². The Labute approximate surface area is 102 Å². The highest BCUT2D eigenvalue weighted by molar-refractivity contribution is 7.11. The van der Waals surface area contributed by atoms with Gasteiger partial charge in [-0.05, 0) is 33.2 Å². The van der Waals surface area contributed by atoms with Gasteiger partial charge in [-0.2, -0.15) is 0 Å². The molecule has 0 radical (unpaired) electrons. The lowest BCUT2D eigenvalue weighted by atomic mass is 10.4. The second kappa shape index (κ2) is 7.76. The topological polar surface area (TPSA) is 34.1 Å². The van der Waals surface area contributed by atoms with Crippen LogP contribution in [0.2, 0.25) is 0 Å². The molecule has 0 fully saturated rings. The second-order valence-corrected chi connectivity index (χ2v) is 5.18. The van der Waals surface area contributed by atoms with E-state index in [0.717, 1.165) is 44.8 Å². The van der Waals surface area contributed by atoms with E-state index in [4.69, 9.17) is 4.74 Å². The molecule has 0 atom stereocenters. The maximum Gasteiger partial charge on any atom is 0.107 e. The Kier molecular flexibility index (Phi) is 6.61. The molecule has 1 heterocycles. The fourth-order valence-corrected chi connectivity index (χ4v) is 2.26. The fraction of sp³-hybridized carbons (Fsp3) is 0.750. The standard InChI is InChI=1S/C12H22N2OS/c1-4-7-15-8-5-6-13-9-12-14-10(2)11(3)16-12/h13H,4-9H2,1-3H3. The Morgan fingerprint density at radius 2 is 2.12 bits per heavy atom. The highest BCUT2D eigenvalue weighted by Gasteiger charge is 2.02. The van der Waals surface area contributed by atoms with Crippen molar-refractivity contribution in [3.05, 3.63) is 15.6 Å². The fourth-order valence-electron chi connectivity index (χ4n) is 1.36. The third-order valence-corrected chi connectivity index (χ3v) is 3.41. The van der Waals surface area contributed by atoms with Crippen molar-refractivity contribution in [2.75, 3.05) is 19.8 Å². The third kappa shape index (κ3) is 5.05. The quantitative estimate of drug-likeness (QED) is 0.712. The molecule has 1 aromatic rings. The van der Waals surface area contributed by atoms with Gasteiger partial charge in [0.2, 0.25) is 0 Å². The molecular weight excluding hydrogens is 220 g/mol. The van der Waals surface area contributed by atoms with Crippen LogP contribution in [0.4, 0.5) is 0 Å². The molecule has 4 heteroatoms. The lowest BCUT2D eigenvalue weighted by molar-refractivity contribution is 0.132. The van der Waals surface area contributed by atoms with Gasteiger partial charge < -0.3 is 10.1 Å². The summed E-state index contributed by atoms with van der Waals surface area (Å²) in [5, 5.41) is 4.57. The summed E-state index contributed by atoms with van der Waals surface area (Å²) < 4.78 is 5.41. The smallest absolute Gasteiger partial charge is 0.107 e. The molecule has 0 aliphatic carbocycles. The first-order chi connectivity index (χ1) is 7.74. The predicted molar refractivity (Wildman–Crippen MR) is 69.0 cm³/mol. The van der Waals surface area contributed by atoms with Crippen LogP contribution < -0.4 is 5.32 Å². The van der Waals surface area contributed by atoms with Gasteiger partial charge >= 0.3 is 0 Å². The van der Waals surface area contributed by atoms with Crippen molar-refractivity contribution in [2.45, 2.75) is 40.2 Å². The van der Waals surface area contributed by atoms with E-state index in [0.29, 0.717) is 0 Å². The third-order valence-electron chi connectivity index (χ3n) is 2.34. The average Bonchev–Trinajstić information content (AvgIpc) is 2.57. The van der Waals surface area contributed by atoms with Gasteiger partial charge in [-0.15, -0.1) is 11.3 Å². The van der Waals surface area contributed by atoms with Crippen LogP contribution in [-0.2, 0) is 11.3 Å². The second-order valence-electron chi connectivity index (χ2n) is 3.89. The van der Waals surface area contributed by atoms with Crippen LogP contribution in [-0.4, -0.2) is 24.7 Å². The monoisotopic (exact) mass is 242 g/mol. The zero-order valence-corrected chi connectivity index (χ0v) is 11.3. The average molecular weight is 242 g/mol. The van der Waals surface area contributed by atoms with Crippen LogP contribution in [0.15, 0.2) is 0 Å². The number of nitrogens with one attached hydrogen (secondary N) is 1. The van der Waals surface area contributed by atoms with E-state index in [9.17, 15) is 0 Å². The summed E-state index contributed by atoms with van der Waals surface area (Å²) in [7, 11) is 0. The van der Waals surface area contributed by atoms with Crippen LogP contribution in [0.25, 0.3) is 0 Å². The molecule has 0 amide bonds. The summed E-state index contributed by atoms with van der Waals surface area (Å²) in [4.78, 5) is 5.80. The van der Waals surface area contributed by atoms with Gasteiger partial charge in [-0.25, -0.2) is 4.98 Å². The SMILES string of the molecule is CCCOCCCNCc1nc(C)c(C)s1. The van der Waals surface area contributed by atoms with Crippen LogP contribution in [0.5, 0.6) is 0 Å². The Bertz CT molecular complexity index is 280. The number of nitrogens with zero attached hydrogens (tertiary/aromatic N) is 1. The minimum atomic E-state index is 0.858. The molecule has 0 saturated carbocycles. The van der Waals surface area contributed by atoms with Crippen molar-refractivity contribution in [1.82, 2.24) is 10.3 Å². The Hall–Kier alpha value is -0.450. The molecule has 92 valence electrons. The Morgan fingerprint density at radius 3 is 2.75 bits per heavy atom. The molecule has 0 aliphatic rings. The number of ether oxygens (including phenoxy) is 1. The van der Waals surface area contributed by atoms with Gasteiger partial charge in [0, 0.05) is 24.6 Å². The molecular formula is C12H22N2OS. The summed E-state index contributed by atoms with van der Waals surface area (Å²) in [5.74, 6) is 0. The number of hydrogen-bond donors (Lipinski definition) is 1. The molecule has 0 spiro atoms. The molecule has 0 bridgehead atoms. The Balaban J connectivity index is 2.03. The van der Waals surface area contributed by atoms with Crippen molar-refractivity contribution in [3.8, 4) is 0 Å². The zero-order valence-electron chi connectivity index (χ0n) is 10.5. The number of aryl methyl sites for hydroxylation is 2. The van der Waals surface area contributed by atoms with E-state index in [1.807, 2.05) is 0 Å². The molecule has 0 aromatic carbocycles. The van der Waals surface area contributed by atoms with Gasteiger partial charge in [0.25, 0.3) is 0 Å². The Morgan fingerprint density at radius 1 is 1.31 bits per heavy atom. The van der Waals surface area contributed by atoms with E-state index in [2.05, 4.69) is 31.1 Å². The van der Waals surface area contributed by atoms with Crippen LogP contribution in [0.3, 0.4) is 0 Å². The van der Waals surface area contributed by atoms with E-state index in [1.165, 1.54) is 9.88 Å². The minimum absolute atomic E-state index is 0.858. The van der Waals surface area contributed by atoms with Crippen molar-refractivity contribution in [2.24, 2.45) is 0 Å². The van der Waals surface area contributed by atoms with Crippen LogP contribution in [0.1, 0.15) is 35.3 Å². The van der Waals surface area contributed by atoms with E-state index < -0.39 is 0 Å². The highest BCUT2D eigenvalue weighted by atomic mass is 32.1. The maximum absolute atomic E-state index is 5.41. The summed E-state index contributed by atoms with van der Waals surface area (Å²) in [6.45, 7) is 9.94. The largest absolute Gasteiger partial charge is 0.381 e. The van der Waals surface area contributed by atoms with Gasteiger partial charge in [0.15, 0.2) is 0 Å². The number of thiazole rings is 1. The minimum Gasteiger partial charge on any atom is -0.381 e. The summed E-state index contributed by atoms with van der Waals surface area (Å²) >= 11 is 1.78. The maximum atomic E-state index is 5.41. The van der Waals surface area contributed by atoms with Crippen molar-refractivity contribution >= 4 is 11.3 Å². The zero-order chi connectivity index (χ0) is 11.8. The lowest BCUT2D eigenvalue weighted by Gasteiger charge is -2.03. The molecule has 1 N–H and O–H groups in total. The number of hydrogen-bond acceptors (Lipinski definition) is 4. The number of aromatic nitrogens is 1. The molecule has 3 nitrogen and oxygen atoms in total. The number of rotatable bonds is 8. The van der Waals surface area contributed by atoms with E-state index in [-0.39, 0.29) is 0 Å². The summed E-state index contributed by atoms with van der Waals surface area (Å²) in [6, 6.07) is 0. The van der Waals surface area contributed by atoms with E-state index >= 15 is 0 Å². The van der Waals surface area contributed by atoms with Gasteiger partial charge in [-0.3, -0.25) is 0 Å². The molecule has 16 heavy (non-hydrogen) atoms. The normalized spacial score (nSPS) is 10.9. The van der Waals surface area contributed by atoms with Crippen molar-refractivity contribution in [3.63, 3.8) is 0 Å². The highest BCUT2D eigenvalue weighted by Crippen LogP contribution is 2.15. The molecule has 1 aromatic heterocycles.